The van der Waals surface area contributed by atoms with Crippen LogP contribution in [-0.2, 0) is 4.74 Å². The Morgan fingerprint density at radius 3 is 3.08 bits per heavy atom. The molecule has 1 saturated heterocycles. The van der Waals surface area contributed by atoms with Crippen LogP contribution in [0, 0.1) is 5.92 Å². The van der Waals surface area contributed by atoms with Crippen LogP contribution in [0.5, 0.6) is 0 Å². The molecule has 2 unspecified atom stereocenters. The average molecular weight is 169 g/mol. The zero-order valence-electron chi connectivity index (χ0n) is 7.43. The van der Waals surface area contributed by atoms with Crippen molar-refractivity contribution in [1.29, 1.82) is 0 Å². The summed E-state index contributed by atoms with van der Waals surface area (Å²) in [6, 6.07) is 0. The molecule has 0 aromatic heterocycles. The van der Waals surface area contributed by atoms with E-state index in [4.69, 9.17) is 4.74 Å². The Balaban J connectivity index is 2.01. The smallest absolute Gasteiger partial charge is 0.407 e. The van der Waals surface area contributed by atoms with Crippen molar-refractivity contribution in [3.05, 3.63) is 0 Å². The highest BCUT2D eigenvalue weighted by atomic mass is 16.6. The molecule has 2 aliphatic rings. The molecule has 12 heavy (non-hydrogen) atoms. The summed E-state index contributed by atoms with van der Waals surface area (Å²) in [5.41, 5.74) is 0.0117. The van der Waals surface area contributed by atoms with E-state index in [9.17, 15) is 4.79 Å². The van der Waals surface area contributed by atoms with Crippen molar-refractivity contribution in [3.8, 4) is 0 Å². The maximum Gasteiger partial charge on any atom is 0.407 e. The summed E-state index contributed by atoms with van der Waals surface area (Å²) in [7, 11) is 0. The molecule has 2 atom stereocenters. The molecule has 2 rings (SSSR count). The fraction of sp³-hybridized carbons (Fsp3) is 0.889. The quantitative estimate of drug-likeness (QED) is 0.648. The van der Waals surface area contributed by atoms with Crippen LogP contribution in [0.1, 0.15) is 32.6 Å². The van der Waals surface area contributed by atoms with E-state index in [2.05, 4.69) is 12.2 Å². The van der Waals surface area contributed by atoms with Gasteiger partial charge >= 0.3 is 6.09 Å². The summed E-state index contributed by atoms with van der Waals surface area (Å²) >= 11 is 0. The van der Waals surface area contributed by atoms with Gasteiger partial charge in [0.1, 0.15) is 6.61 Å². The van der Waals surface area contributed by atoms with Crippen molar-refractivity contribution in [3.63, 3.8) is 0 Å². The molecule has 1 N–H and O–H groups in total. The lowest BCUT2D eigenvalue weighted by atomic mass is 9.97. The van der Waals surface area contributed by atoms with Gasteiger partial charge in [0, 0.05) is 0 Å². The summed E-state index contributed by atoms with van der Waals surface area (Å²) in [5, 5.41) is 2.93. The summed E-state index contributed by atoms with van der Waals surface area (Å²) in [4.78, 5) is 10.9. The van der Waals surface area contributed by atoms with E-state index in [-0.39, 0.29) is 11.6 Å². The molecule has 0 aromatic rings. The van der Waals surface area contributed by atoms with Gasteiger partial charge in [-0.25, -0.2) is 4.79 Å². The lowest BCUT2D eigenvalue weighted by molar-refractivity contribution is 0.172. The molecular formula is C9H15NO2. The van der Waals surface area contributed by atoms with Crippen LogP contribution in [0.25, 0.3) is 0 Å². The predicted molar refractivity (Wildman–Crippen MR) is 44.8 cm³/mol. The molecule has 1 aliphatic heterocycles. The fourth-order valence-electron chi connectivity index (χ4n) is 2.32. The third kappa shape index (κ3) is 1.17. The van der Waals surface area contributed by atoms with E-state index < -0.39 is 0 Å². The highest BCUT2D eigenvalue weighted by molar-refractivity contribution is 5.70. The number of hydrogen-bond acceptors (Lipinski definition) is 2. The van der Waals surface area contributed by atoms with E-state index in [1.54, 1.807) is 0 Å². The van der Waals surface area contributed by atoms with Crippen molar-refractivity contribution in [2.75, 3.05) is 6.61 Å². The van der Waals surface area contributed by atoms with Crippen LogP contribution < -0.4 is 5.32 Å². The van der Waals surface area contributed by atoms with E-state index in [1.165, 1.54) is 12.8 Å². The third-order valence-electron chi connectivity index (χ3n) is 3.13. The Labute approximate surface area is 72.5 Å². The number of amides is 1. The second kappa shape index (κ2) is 2.64. The molecule has 1 amide bonds. The molecule has 1 spiro atoms. The number of nitrogens with one attached hydrogen (secondary N) is 1. The zero-order chi connectivity index (χ0) is 8.60. The topological polar surface area (TPSA) is 38.3 Å². The molecule has 3 nitrogen and oxygen atoms in total. The van der Waals surface area contributed by atoms with Crippen LogP contribution in [0.3, 0.4) is 0 Å². The minimum Gasteiger partial charge on any atom is -0.447 e. The van der Waals surface area contributed by atoms with Gasteiger partial charge in [0.05, 0.1) is 5.54 Å². The molecule has 2 fully saturated rings. The van der Waals surface area contributed by atoms with E-state index in [0.29, 0.717) is 6.61 Å². The van der Waals surface area contributed by atoms with Gasteiger partial charge in [0.25, 0.3) is 0 Å². The van der Waals surface area contributed by atoms with Gasteiger partial charge < -0.3 is 10.1 Å². The van der Waals surface area contributed by atoms with Crippen LogP contribution in [0.4, 0.5) is 4.79 Å². The van der Waals surface area contributed by atoms with Crippen molar-refractivity contribution in [2.45, 2.75) is 38.1 Å². The van der Waals surface area contributed by atoms with E-state index in [1.807, 2.05) is 0 Å². The molecule has 0 radical (unpaired) electrons. The Morgan fingerprint density at radius 2 is 2.58 bits per heavy atom. The van der Waals surface area contributed by atoms with Gasteiger partial charge in [-0.3, -0.25) is 0 Å². The summed E-state index contributed by atoms with van der Waals surface area (Å²) in [6.45, 7) is 2.80. The number of cyclic esters (lactones) is 1. The van der Waals surface area contributed by atoms with Gasteiger partial charge in [-0.05, 0) is 25.2 Å². The third-order valence-corrected chi connectivity index (χ3v) is 3.13. The summed E-state index contributed by atoms with van der Waals surface area (Å²) in [6.07, 6.45) is 4.43. The minimum absolute atomic E-state index is 0.0117. The lowest BCUT2D eigenvalue weighted by Gasteiger charge is -2.19. The van der Waals surface area contributed by atoms with Crippen LogP contribution in [0.15, 0.2) is 0 Å². The number of alkyl carbamates (subject to hydrolysis) is 1. The number of carbonyl (C=O) groups is 1. The normalized spacial score (nSPS) is 40.1. The minimum atomic E-state index is -0.230. The SMILES string of the molecule is CCC1CCC2(COC(=O)N2)C1. The Bertz CT molecular complexity index is 205. The Kier molecular flexibility index (Phi) is 1.74. The molecule has 0 aromatic carbocycles. The highest BCUT2D eigenvalue weighted by Crippen LogP contribution is 2.38. The average Bonchev–Trinajstić information content (AvgIpc) is 2.61. The largest absolute Gasteiger partial charge is 0.447 e. The molecule has 0 bridgehead atoms. The van der Waals surface area contributed by atoms with Gasteiger partial charge in [0.2, 0.25) is 0 Å². The van der Waals surface area contributed by atoms with Gasteiger partial charge in [-0.1, -0.05) is 13.3 Å². The first-order valence-corrected chi connectivity index (χ1v) is 4.69. The second-order valence-corrected chi connectivity index (χ2v) is 4.00. The van der Waals surface area contributed by atoms with Crippen molar-refractivity contribution >= 4 is 6.09 Å². The van der Waals surface area contributed by atoms with Crippen LogP contribution in [0.2, 0.25) is 0 Å². The monoisotopic (exact) mass is 169 g/mol. The first kappa shape index (κ1) is 7.90. The molecule has 1 heterocycles. The standard InChI is InChI=1S/C9H15NO2/c1-2-7-3-4-9(5-7)6-12-8(11)10-9/h7H,2-6H2,1H3,(H,10,11). The first-order valence-electron chi connectivity index (χ1n) is 4.69. The maximum atomic E-state index is 10.9. The molecule has 3 heteroatoms. The van der Waals surface area contributed by atoms with Crippen molar-refractivity contribution in [1.82, 2.24) is 5.32 Å². The van der Waals surface area contributed by atoms with E-state index >= 15 is 0 Å². The highest BCUT2D eigenvalue weighted by Gasteiger charge is 2.44. The van der Waals surface area contributed by atoms with Gasteiger partial charge in [-0.15, -0.1) is 0 Å². The number of carbonyl (C=O) groups excluding carboxylic acids is 1. The molecule has 1 saturated carbocycles. The molecular weight excluding hydrogens is 154 g/mol. The maximum absolute atomic E-state index is 10.9. The zero-order valence-corrected chi connectivity index (χ0v) is 7.43. The van der Waals surface area contributed by atoms with E-state index in [0.717, 1.165) is 18.8 Å². The number of hydrogen-bond donors (Lipinski definition) is 1. The molecule has 68 valence electrons. The number of rotatable bonds is 1. The molecule has 1 aliphatic carbocycles. The Hall–Kier alpha value is -0.730. The summed E-state index contributed by atoms with van der Waals surface area (Å²) in [5.74, 6) is 0.784. The number of ether oxygens (including phenoxy) is 1. The Morgan fingerprint density at radius 1 is 1.75 bits per heavy atom. The van der Waals surface area contributed by atoms with Crippen LogP contribution >= 0.6 is 0 Å². The predicted octanol–water partition coefficient (Wildman–Crippen LogP) is 1.68. The fourth-order valence-corrected chi connectivity index (χ4v) is 2.32. The van der Waals surface area contributed by atoms with Gasteiger partial charge in [-0.2, -0.15) is 0 Å². The van der Waals surface area contributed by atoms with Crippen molar-refractivity contribution < 1.29 is 9.53 Å². The summed E-state index contributed by atoms with van der Waals surface area (Å²) < 4.78 is 4.93. The van der Waals surface area contributed by atoms with Gasteiger partial charge in [0.15, 0.2) is 0 Å². The van der Waals surface area contributed by atoms with Crippen molar-refractivity contribution in [2.24, 2.45) is 5.92 Å². The van der Waals surface area contributed by atoms with Crippen LogP contribution in [-0.4, -0.2) is 18.2 Å². The first-order chi connectivity index (χ1) is 5.74. The second-order valence-electron chi connectivity index (χ2n) is 4.00. The lowest BCUT2D eigenvalue weighted by Crippen LogP contribution is -2.40.